The van der Waals surface area contributed by atoms with Crippen molar-refractivity contribution in [2.24, 2.45) is 0 Å². The van der Waals surface area contributed by atoms with Crippen molar-refractivity contribution in [2.75, 3.05) is 0 Å². The minimum absolute atomic E-state index is 0. The Balaban J connectivity index is 0.000000172. The van der Waals surface area contributed by atoms with Gasteiger partial charge in [0, 0.05) is 97.5 Å². The van der Waals surface area contributed by atoms with Crippen molar-refractivity contribution in [3.05, 3.63) is 398 Å². The fraction of sp³-hybridized carbons (Fsp3) is 0.0769. The Hall–Kier alpha value is -10.3. The fourth-order valence-electron chi connectivity index (χ4n) is 9.90. The molecule has 0 aliphatic heterocycles. The molecule has 6 nitrogen and oxygen atoms in total. The monoisotopic (exact) mass is 1870 g/mol. The van der Waals surface area contributed by atoms with Gasteiger partial charge in [-0.05, 0) is 153 Å². The maximum atomic E-state index is 13.3. The summed E-state index contributed by atoms with van der Waals surface area (Å²) in [4.78, 5) is 26.4. The summed E-state index contributed by atoms with van der Waals surface area (Å²) < 4.78 is 26.1. The number of pyridine rings is 6. The summed E-state index contributed by atoms with van der Waals surface area (Å²) in [5.74, 6) is 0.151. The van der Waals surface area contributed by atoms with E-state index >= 15 is 0 Å². The smallest absolute Gasteiger partial charge is 0.126 e. The van der Waals surface area contributed by atoms with Gasteiger partial charge in [-0.15, -0.1) is 215 Å². The minimum Gasteiger partial charge on any atom is -0.304 e. The van der Waals surface area contributed by atoms with Gasteiger partial charge in [-0.3, -0.25) is 0 Å². The Bertz CT molecular complexity index is 4630. The van der Waals surface area contributed by atoms with Gasteiger partial charge in [-0.25, -0.2) is 8.78 Å². The zero-order valence-corrected chi connectivity index (χ0v) is 64.3. The van der Waals surface area contributed by atoms with Crippen LogP contribution in [0.4, 0.5) is 8.78 Å². The molecule has 102 heavy (non-hydrogen) atoms. The predicted octanol–water partition coefficient (Wildman–Crippen LogP) is 22.9. The van der Waals surface area contributed by atoms with E-state index in [1.54, 1.807) is 31.3 Å². The molecule has 11 heteroatoms. The third kappa shape index (κ3) is 24.2. The first-order valence-electron chi connectivity index (χ1n) is 32.5. The van der Waals surface area contributed by atoms with E-state index in [0.29, 0.717) is 11.5 Å². The van der Waals surface area contributed by atoms with E-state index < -0.39 is 0 Å². The molecule has 0 saturated heterocycles. The van der Waals surface area contributed by atoms with Crippen molar-refractivity contribution in [3.63, 3.8) is 0 Å². The van der Waals surface area contributed by atoms with E-state index in [1.807, 2.05) is 246 Å². The van der Waals surface area contributed by atoms with Gasteiger partial charge in [0.05, 0.1) is 0 Å². The second-order valence-corrected chi connectivity index (χ2v) is 23.4. The van der Waals surface area contributed by atoms with Crippen molar-refractivity contribution in [2.45, 2.75) is 47.5 Å². The summed E-state index contributed by atoms with van der Waals surface area (Å²) in [5, 5.41) is 0. The van der Waals surface area contributed by atoms with Crippen molar-refractivity contribution < 1.29 is 69.1 Å². The topological polar surface area (TPSA) is 77.3 Å². The van der Waals surface area contributed by atoms with Crippen molar-refractivity contribution >= 4 is 0 Å². The van der Waals surface area contributed by atoms with E-state index in [9.17, 15) is 8.78 Å². The largest absolute Gasteiger partial charge is 0.304 e. The van der Waals surface area contributed by atoms with Gasteiger partial charge in [0.15, 0.2) is 0 Å². The second kappa shape index (κ2) is 41.4. The summed E-state index contributed by atoms with van der Waals surface area (Å²) in [6.45, 7) is 12.3. The first-order valence-corrected chi connectivity index (χ1v) is 32.5. The van der Waals surface area contributed by atoms with Gasteiger partial charge in [0.25, 0.3) is 0 Å². The Kier molecular flexibility index (Phi) is 32.1. The van der Waals surface area contributed by atoms with Gasteiger partial charge in [-0.2, -0.15) is 0 Å². The van der Waals surface area contributed by atoms with E-state index in [0.717, 1.165) is 95.4 Å². The van der Waals surface area contributed by atoms with E-state index in [4.69, 9.17) is 0 Å². The van der Waals surface area contributed by atoms with Crippen LogP contribution in [0.15, 0.2) is 322 Å². The van der Waals surface area contributed by atoms with Crippen LogP contribution >= 0.6 is 0 Å². The van der Waals surface area contributed by atoms with Crippen LogP contribution in [0.1, 0.15) is 47.6 Å². The molecule has 0 aliphatic carbocycles. The molecule has 0 saturated carbocycles. The first kappa shape index (κ1) is 79.0. The molecule has 6 aromatic heterocycles. The Morgan fingerprint density at radius 2 is 0.520 bits per heavy atom. The summed E-state index contributed by atoms with van der Waals surface area (Å²) >= 11 is 0. The maximum absolute atomic E-state index is 13.3. The standard InChI is InChI=1S/C20H18N.C18H13FN.C17H11FN.3C12H10N.3Ir/c1-15(2)16-8-10-17(11-9-16)19-12-13-20(21-14-19)18-6-4-3-5-7-18;1-13-11-15(7-9-17(13)19)16-8-10-18(20-12-16)14-5-3-2-4-6-14;18-16-9-6-13(7-10-16)15-8-11-17(19-12-15)14-4-2-1-3-5-14;3*1-10-7-8-12(13-9-10)11-5-3-2-4-6-11;;;/h3-6,8-15H,1-2H3;2-5,7-12H,1H3;1-4,6-12H;3*2-5,7-9H,1H3;;;/q6*-1;;;. The van der Waals surface area contributed by atoms with Crippen LogP contribution in [-0.2, 0) is 60.3 Å². The average Bonchev–Trinajstić information content (AvgIpc) is 0.874. The molecular weight excluding hydrogens is 1790 g/mol. The van der Waals surface area contributed by atoms with Crippen LogP contribution in [0, 0.1) is 75.7 Å². The summed E-state index contributed by atoms with van der Waals surface area (Å²) in [5.41, 5.74) is 23.5. The number of rotatable bonds is 10. The SMILES string of the molecule is CC(C)c1ccc(-c2ccc(-c3[c-]cccc3)nc2)cc1.Cc1cc(-c2ccc(-c3[c-]cccc3)nc2)ccc1F.Cc1ccc(-c2[c-]cccc2)nc1.Cc1ccc(-c2[c-]cccc2)nc1.Cc1ccc(-c2[c-]cccc2)nc1.Fc1ccc(-c2ccc(-c3[c-]cccc3)nc2)cc1.[Ir].[Ir].[Ir]. The Labute approximate surface area is 640 Å². The Morgan fingerprint density at radius 1 is 0.265 bits per heavy atom. The zero-order valence-electron chi connectivity index (χ0n) is 57.1. The van der Waals surface area contributed by atoms with Gasteiger partial charge < -0.3 is 29.9 Å². The number of hydrogen-bond donors (Lipinski definition) is 0. The molecule has 3 radical (unpaired) electrons. The first-order chi connectivity index (χ1) is 48.4. The molecule has 0 unspecified atom stereocenters. The van der Waals surface area contributed by atoms with Gasteiger partial charge in [-0.1, -0.05) is 129 Å². The minimum atomic E-state index is -0.229. The molecule has 0 fully saturated rings. The van der Waals surface area contributed by atoms with E-state index in [-0.39, 0.29) is 72.0 Å². The molecule has 6 heterocycles. The molecule has 0 aliphatic rings. The van der Waals surface area contributed by atoms with Gasteiger partial charge in [0.1, 0.15) is 11.6 Å². The van der Waals surface area contributed by atoms with Crippen LogP contribution in [0.2, 0.25) is 0 Å². The van der Waals surface area contributed by atoms with Crippen molar-refractivity contribution in [3.8, 4) is 101 Å². The van der Waals surface area contributed by atoms with Crippen LogP contribution in [-0.4, -0.2) is 29.9 Å². The van der Waals surface area contributed by atoms with E-state index in [1.165, 1.54) is 46.0 Å². The van der Waals surface area contributed by atoms with Crippen LogP contribution in [0.5, 0.6) is 0 Å². The second-order valence-electron chi connectivity index (χ2n) is 23.4. The predicted molar refractivity (Wildman–Crippen MR) is 400 cm³/mol. The van der Waals surface area contributed by atoms with Crippen LogP contribution < -0.4 is 0 Å². The molecular formula is C91H72F2Ir3N6-6. The van der Waals surface area contributed by atoms with E-state index in [2.05, 4.69) is 135 Å². The third-order valence-corrected chi connectivity index (χ3v) is 15.5. The number of benzene rings is 9. The van der Waals surface area contributed by atoms with Crippen molar-refractivity contribution in [1.29, 1.82) is 0 Å². The summed E-state index contributed by atoms with van der Waals surface area (Å²) in [6.07, 6.45) is 11.1. The number of nitrogens with zero attached hydrogens (tertiary/aromatic N) is 6. The zero-order chi connectivity index (χ0) is 69.0. The number of halogens is 2. The molecule has 9 aromatic carbocycles. The van der Waals surface area contributed by atoms with Crippen LogP contribution in [0.3, 0.4) is 0 Å². The third-order valence-electron chi connectivity index (χ3n) is 15.5. The molecule has 15 rings (SSSR count). The number of hydrogen-bond acceptors (Lipinski definition) is 6. The number of aromatic nitrogens is 6. The molecule has 0 atom stereocenters. The summed E-state index contributed by atoms with van der Waals surface area (Å²) in [6, 6.07) is 110. The molecule has 0 spiro atoms. The van der Waals surface area contributed by atoms with Crippen LogP contribution in [0.25, 0.3) is 101 Å². The maximum Gasteiger partial charge on any atom is 0.126 e. The molecule has 15 aromatic rings. The Morgan fingerprint density at radius 3 is 0.755 bits per heavy atom. The number of aryl methyl sites for hydroxylation is 4. The molecule has 0 amide bonds. The molecule has 513 valence electrons. The average molecular weight is 1860 g/mol. The van der Waals surface area contributed by atoms with Gasteiger partial charge in [0.2, 0.25) is 0 Å². The fourth-order valence-corrected chi connectivity index (χ4v) is 9.90. The van der Waals surface area contributed by atoms with Crippen molar-refractivity contribution in [1.82, 2.24) is 29.9 Å². The normalized spacial score (nSPS) is 10.0. The van der Waals surface area contributed by atoms with Gasteiger partial charge >= 0.3 is 0 Å². The molecule has 0 bridgehead atoms. The summed E-state index contributed by atoms with van der Waals surface area (Å²) in [7, 11) is 0. The molecule has 0 N–H and O–H groups in total. The quantitative estimate of drug-likeness (QED) is 0.127.